The first-order valence-electron chi connectivity index (χ1n) is 9.46. The standard InChI is InChI=1S/C23H20N4O3S/c1-2-31(28,29)27-19-10-13-22-21(14-19)23(25-16-24-22)26-18-8-11-20(12-9-18)30-15-17-6-4-3-5-7-17/h2-14,16,27H,1,15H2,(H,24,25,26). The van der Waals surface area contributed by atoms with Crippen molar-refractivity contribution in [3.63, 3.8) is 0 Å². The summed E-state index contributed by atoms with van der Waals surface area (Å²) in [5.41, 5.74) is 2.99. The number of sulfonamides is 1. The largest absolute Gasteiger partial charge is 0.489 e. The summed E-state index contributed by atoms with van der Waals surface area (Å²) >= 11 is 0. The zero-order valence-corrected chi connectivity index (χ0v) is 17.3. The van der Waals surface area contributed by atoms with Gasteiger partial charge in [-0.15, -0.1) is 0 Å². The number of hydrogen-bond donors (Lipinski definition) is 2. The van der Waals surface area contributed by atoms with Gasteiger partial charge in [-0.3, -0.25) is 4.72 Å². The molecule has 0 unspecified atom stereocenters. The maximum absolute atomic E-state index is 11.8. The average Bonchev–Trinajstić information content (AvgIpc) is 2.79. The van der Waals surface area contributed by atoms with Crippen molar-refractivity contribution < 1.29 is 13.2 Å². The van der Waals surface area contributed by atoms with Crippen LogP contribution < -0.4 is 14.8 Å². The topological polar surface area (TPSA) is 93.2 Å². The predicted octanol–water partition coefficient (Wildman–Crippen LogP) is 4.84. The highest BCUT2D eigenvalue weighted by atomic mass is 32.2. The number of aromatic nitrogens is 2. The Morgan fingerprint density at radius 3 is 2.42 bits per heavy atom. The van der Waals surface area contributed by atoms with Crippen LogP contribution in [0.5, 0.6) is 5.75 Å². The van der Waals surface area contributed by atoms with E-state index in [0.717, 1.165) is 22.4 Å². The van der Waals surface area contributed by atoms with Gasteiger partial charge in [-0.2, -0.15) is 0 Å². The van der Waals surface area contributed by atoms with Crippen molar-refractivity contribution in [2.75, 3.05) is 10.0 Å². The smallest absolute Gasteiger partial charge is 0.254 e. The lowest BCUT2D eigenvalue weighted by atomic mass is 10.2. The van der Waals surface area contributed by atoms with Gasteiger partial charge in [-0.25, -0.2) is 18.4 Å². The normalized spacial score (nSPS) is 11.1. The van der Waals surface area contributed by atoms with Crippen LogP contribution in [0.15, 0.2) is 91.1 Å². The van der Waals surface area contributed by atoms with Gasteiger partial charge in [0.2, 0.25) is 0 Å². The van der Waals surface area contributed by atoms with Gasteiger partial charge in [0.15, 0.2) is 0 Å². The molecule has 31 heavy (non-hydrogen) atoms. The minimum Gasteiger partial charge on any atom is -0.489 e. The molecule has 8 heteroatoms. The maximum Gasteiger partial charge on any atom is 0.254 e. The van der Waals surface area contributed by atoms with Gasteiger partial charge in [0.25, 0.3) is 10.0 Å². The van der Waals surface area contributed by atoms with Gasteiger partial charge >= 0.3 is 0 Å². The summed E-state index contributed by atoms with van der Waals surface area (Å²) in [6.45, 7) is 3.80. The molecule has 0 spiro atoms. The van der Waals surface area contributed by atoms with Gasteiger partial charge in [-0.05, 0) is 48.0 Å². The van der Waals surface area contributed by atoms with E-state index in [1.807, 2.05) is 54.6 Å². The molecule has 0 atom stereocenters. The Hall–Kier alpha value is -3.91. The molecule has 0 radical (unpaired) electrons. The van der Waals surface area contributed by atoms with Crippen LogP contribution in [0.25, 0.3) is 10.9 Å². The van der Waals surface area contributed by atoms with Crippen LogP contribution >= 0.6 is 0 Å². The maximum atomic E-state index is 11.8. The number of rotatable bonds is 8. The third kappa shape index (κ3) is 5.18. The van der Waals surface area contributed by atoms with Crippen LogP contribution in [0, 0.1) is 0 Å². The molecule has 7 nitrogen and oxygen atoms in total. The van der Waals surface area contributed by atoms with Crippen molar-refractivity contribution in [3.05, 3.63) is 96.7 Å². The lowest BCUT2D eigenvalue weighted by molar-refractivity contribution is 0.306. The summed E-state index contributed by atoms with van der Waals surface area (Å²) in [5.74, 6) is 1.31. The fraction of sp³-hybridized carbons (Fsp3) is 0.0435. The highest BCUT2D eigenvalue weighted by molar-refractivity contribution is 7.95. The molecular weight excluding hydrogens is 412 g/mol. The van der Waals surface area contributed by atoms with E-state index in [4.69, 9.17) is 4.74 Å². The van der Waals surface area contributed by atoms with Crippen LogP contribution in [0.2, 0.25) is 0 Å². The number of anilines is 3. The van der Waals surface area contributed by atoms with Crippen molar-refractivity contribution >= 4 is 38.1 Å². The number of ether oxygens (including phenoxy) is 1. The van der Waals surface area contributed by atoms with Gasteiger partial charge in [0.1, 0.15) is 24.5 Å². The highest BCUT2D eigenvalue weighted by Gasteiger charge is 2.09. The molecule has 4 rings (SSSR count). The Bertz CT molecular complexity index is 1310. The molecule has 0 saturated heterocycles. The quantitative estimate of drug-likeness (QED) is 0.414. The molecule has 1 heterocycles. The van der Waals surface area contributed by atoms with E-state index < -0.39 is 10.0 Å². The Balaban J connectivity index is 1.51. The number of benzene rings is 3. The molecule has 3 aromatic carbocycles. The summed E-state index contributed by atoms with van der Waals surface area (Å²) in [6, 6.07) is 22.5. The Morgan fingerprint density at radius 1 is 0.935 bits per heavy atom. The lowest BCUT2D eigenvalue weighted by Crippen LogP contribution is -2.08. The van der Waals surface area contributed by atoms with Crippen LogP contribution in [-0.2, 0) is 16.6 Å². The van der Waals surface area contributed by atoms with E-state index in [1.54, 1.807) is 18.2 Å². The second kappa shape index (κ2) is 8.85. The second-order valence-corrected chi connectivity index (χ2v) is 8.32. The van der Waals surface area contributed by atoms with Crippen molar-refractivity contribution in [3.8, 4) is 5.75 Å². The first-order valence-corrected chi connectivity index (χ1v) is 11.0. The SMILES string of the molecule is C=CS(=O)(=O)Nc1ccc2ncnc(Nc3ccc(OCc4ccccc4)cc3)c2c1. The van der Waals surface area contributed by atoms with Gasteiger partial charge in [0.05, 0.1) is 5.52 Å². The first-order chi connectivity index (χ1) is 15.0. The monoisotopic (exact) mass is 432 g/mol. The molecule has 4 aromatic rings. The molecular formula is C23H20N4O3S. The molecule has 0 saturated carbocycles. The summed E-state index contributed by atoms with van der Waals surface area (Å²) < 4.78 is 31.8. The van der Waals surface area contributed by atoms with Crippen LogP contribution in [0.3, 0.4) is 0 Å². The molecule has 0 aliphatic rings. The highest BCUT2D eigenvalue weighted by Crippen LogP contribution is 2.27. The van der Waals surface area contributed by atoms with E-state index in [0.29, 0.717) is 29.0 Å². The van der Waals surface area contributed by atoms with E-state index in [9.17, 15) is 8.42 Å². The van der Waals surface area contributed by atoms with Crippen molar-refractivity contribution in [1.29, 1.82) is 0 Å². The van der Waals surface area contributed by atoms with E-state index in [2.05, 4.69) is 26.6 Å². The van der Waals surface area contributed by atoms with Crippen molar-refractivity contribution in [2.45, 2.75) is 6.61 Å². The third-order valence-corrected chi connectivity index (χ3v) is 5.44. The van der Waals surface area contributed by atoms with Gasteiger partial charge < -0.3 is 10.1 Å². The summed E-state index contributed by atoms with van der Waals surface area (Å²) in [4.78, 5) is 8.55. The molecule has 0 fully saturated rings. The molecule has 2 N–H and O–H groups in total. The predicted molar refractivity (Wildman–Crippen MR) is 123 cm³/mol. The van der Waals surface area contributed by atoms with Crippen molar-refractivity contribution in [1.82, 2.24) is 9.97 Å². The summed E-state index contributed by atoms with van der Waals surface area (Å²) in [5, 5.41) is 4.79. The van der Waals surface area contributed by atoms with E-state index in [-0.39, 0.29) is 0 Å². The fourth-order valence-electron chi connectivity index (χ4n) is 2.94. The van der Waals surface area contributed by atoms with E-state index >= 15 is 0 Å². The van der Waals surface area contributed by atoms with Crippen LogP contribution in [-0.4, -0.2) is 18.4 Å². The van der Waals surface area contributed by atoms with Crippen LogP contribution in [0.4, 0.5) is 17.2 Å². The average molecular weight is 433 g/mol. The summed E-state index contributed by atoms with van der Waals surface area (Å²) in [6.07, 6.45) is 1.45. The molecule has 0 amide bonds. The zero-order chi connectivity index (χ0) is 21.7. The Labute approximate surface area is 180 Å². The fourth-order valence-corrected chi connectivity index (χ4v) is 3.48. The van der Waals surface area contributed by atoms with E-state index in [1.165, 1.54) is 6.33 Å². The first kappa shape index (κ1) is 20.4. The number of nitrogens with one attached hydrogen (secondary N) is 2. The van der Waals surface area contributed by atoms with Crippen molar-refractivity contribution in [2.24, 2.45) is 0 Å². The molecule has 0 aliphatic carbocycles. The van der Waals surface area contributed by atoms with Gasteiger partial charge in [0, 0.05) is 22.2 Å². The third-order valence-electron chi connectivity index (χ3n) is 4.48. The van der Waals surface area contributed by atoms with Gasteiger partial charge in [-0.1, -0.05) is 36.9 Å². The molecule has 156 valence electrons. The number of hydrogen-bond acceptors (Lipinski definition) is 6. The minimum absolute atomic E-state index is 0.398. The second-order valence-electron chi connectivity index (χ2n) is 6.69. The summed E-state index contributed by atoms with van der Waals surface area (Å²) in [7, 11) is -3.60. The lowest BCUT2D eigenvalue weighted by Gasteiger charge is -2.11. The molecule has 0 aliphatic heterocycles. The Morgan fingerprint density at radius 2 is 1.68 bits per heavy atom. The Kier molecular flexibility index (Phi) is 5.81. The molecule has 0 bridgehead atoms. The van der Waals surface area contributed by atoms with Crippen LogP contribution in [0.1, 0.15) is 5.56 Å². The molecule has 1 aromatic heterocycles. The zero-order valence-electron chi connectivity index (χ0n) is 16.5. The minimum atomic E-state index is -3.60. The number of fused-ring (bicyclic) bond motifs is 1. The number of nitrogens with zero attached hydrogens (tertiary/aromatic N) is 2.